The predicted octanol–water partition coefficient (Wildman–Crippen LogP) is 8.17. The topological polar surface area (TPSA) is 44.8 Å². The lowest BCUT2D eigenvalue weighted by atomic mass is 9.83. The highest BCUT2D eigenvalue weighted by Crippen LogP contribution is 2.62. The van der Waals surface area contributed by atoms with Crippen LogP contribution in [0, 0.1) is 17.2 Å². The van der Waals surface area contributed by atoms with E-state index in [2.05, 4.69) is 32.9 Å². The Balaban J connectivity index is 1.41. The van der Waals surface area contributed by atoms with Gasteiger partial charge in [0.05, 0.1) is 25.0 Å². The van der Waals surface area contributed by atoms with E-state index in [1.165, 1.54) is 17.2 Å². The number of hydrogen-bond acceptors (Lipinski definition) is 4. The second kappa shape index (κ2) is 10.5. The van der Waals surface area contributed by atoms with Crippen molar-refractivity contribution in [2.45, 2.75) is 64.4 Å². The van der Waals surface area contributed by atoms with Crippen LogP contribution in [0.25, 0.3) is 11.1 Å². The molecule has 1 saturated carbocycles. The number of halogens is 2. The van der Waals surface area contributed by atoms with Gasteiger partial charge in [-0.15, -0.1) is 11.6 Å². The fourth-order valence-corrected chi connectivity index (χ4v) is 6.06. The molecule has 0 aliphatic heterocycles. The molecule has 1 spiro atoms. The third kappa shape index (κ3) is 5.26. The molecule has 3 atom stereocenters. The number of ether oxygens (including phenoxy) is 3. The van der Waals surface area contributed by atoms with Gasteiger partial charge >= 0.3 is 5.97 Å². The van der Waals surface area contributed by atoms with Crippen LogP contribution in [0.3, 0.4) is 0 Å². The van der Waals surface area contributed by atoms with Crippen LogP contribution in [0.2, 0.25) is 0 Å². The standard InChI is InChI=1S/C33H36ClFO4/c1-6-38-31(36)28-18-33(28)14-13-21-8-9-23(17-27(21)33)39-19-20-7-11-24(26(15-20)30(34)32(2,3)4)25-16-22(37-5)10-12-29(25)35/h7-12,15-17,28,30H,6,13-14,18-19H2,1-5H3/t28-,30?,33-/m0/s1. The van der Waals surface area contributed by atoms with Crippen LogP contribution in [0.15, 0.2) is 54.6 Å². The summed E-state index contributed by atoms with van der Waals surface area (Å²) < 4.78 is 31.9. The van der Waals surface area contributed by atoms with Gasteiger partial charge in [-0.05, 0) is 89.8 Å². The molecule has 6 heteroatoms. The number of rotatable bonds is 8. The minimum atomic E-state index is -0.354. The molecule has 4 nitrogen and oxygen atoms in total. The van der Waals surface area contributed by atoms with Gasteiger partial charge in [0.1, 0.15) is 23.9 Å². The normalized spacial score (nSPS) is 20.4. The van der Waals surface area contributed by atoms with Crippen molar-refractivity contribution in [3.05, 3.63) is 82.7 Å². The van der Waals surface area contributed by atoms with Gasteiger partial charge in [0, 0.05) is 11.0 Å². The Morgan fingerprint density at radius 1 is 1.08 bits per heavy atom. The van der Waals surface area contributed by atoms with Crippen molar-refractivity contribution in [3.8, 4) is 22.6 Å². The molecule has 206 valence electrons. The van der Waals surface area contributed by atoms with E-state index in [0.717, 1.165) is 41.7 Å². The molecule has 0 radical (unpaired) electrons. The molecule has 3 aromatic rings. The van der Waals surface area contributed by atoms with Gasteiger partial charge in [-0.1, -0.05) is 45.0 Å². The van der Waals surface area contributed by atoms with Crippen LogP contribution < -0.4 is 9.47 Å². The van der Waals surface area contributed by atoms with Crippen LogP contribution in [-0.4, -0.2) is 19.7 Å². The van der Waals surface area contributed by atoms with E-state index in [9.17, 15) is 9.18 Å². The summed E-state index contributed by atoms with van der Waals surface area (Å²) in [7, 11) is 1.57. The molecule has 39 heavy (non-hydrogen) atoms. The fraction of sp³-hybridized carbons (Fsp3) is 0.424. The number of fused-ring (bicyclic) bond motifs is 2. The highest BCUT2D eigenvalue weighted by atomic mass is 35.5. The van der Waals surface area contributed by atoms with Crippen molar-refractivity contribution in [1.29, 1.82) is 0 Å². The van der Waals surface area contributed by atoms with Gasteiger partial charge in [0.2, 0.25) is 0 Å². The van der Waals surface area contributed by atoms with E-state index in [-0.39, 0.29) is 33.9 Å². The minimum absolute atomic E-state index is 0.0564. The molecule has 1 fully saturated rings. The molecule has 0 bridgehead atoms. The Morgan fingerprint density at radius 2 is 1.85 bits per heavy atom. The fourth-order valence-electron chi connectivity index (χ4n) is 5.88. The van der Waals surface area contributed by atoms with Crippen molar-refractivity contribution in [2.75, 3.05) is 13.7 Å². The number of benzene rings is 3. The second-order valence-corrected chi connectivity index (χ2v) is 12.2. The quantitative estimate of drug-likeness (QED) is 0.209. The Bertz CT molecular complexity index is 1390. The summed E-state index contributed by atoms with van der Waals surface area (Å²) in [6, 6.07) is 16.8. The molecule has 1 unspecified atom stereocenters. The molecular weight excluding hydrogens is 515 g/mol. The van der Waals surface area contributed by atoms with E-state index in [1.54, 1.807) is 19.2 Å². The molecule has 5 rings (SSSR count). The molecular formula is C33H36ClFO4. The summed E-state index contributed by atoms with van der Waals surface area (Å²) in [4.78, 5) is 12.4. The van der Waals surface area contributed by atoms with Gasteiger partial charge in [0.15, 0.2) is 0 Å². The Hall–Kier alpha value is -3.05. The number of aryl methyl sites for hydroxylation is 1. The number of hydrogen-bond donors (Lipinski definition) is 0. The average molecular weight is 551 g/mol. The van der Waals surface area contributed by atoms with Gasteiger partial charge in [-0.3, -0.25) is 4.79 Å². The van der Waals surface area contributed by atoms with Crippen LogP contribution in [0.1, 0.15) is 68.2 Å². The number of alkyl halides is 1. The monoisotopic (exact) mass is 550 g/mol. The summed E-state index contributed by atoms with van der Waals surface area (Å²) in [5.74, 6) is 0.881. The zero-order valence-electron chi connectivity index (χ0n) is 23.3. The Kier molecular flexibility index (Phi) is 7.41. The first-order valence-corrected chi connectivity index (χ1v) is 14.0. The van der Waals surface area contributed by atoms with E-state index in [4.69, 9.17) is 25.8 Å². The van der Waals surface area contributed by atoms with Crippen LogP contribution in [0.4, 0.5) is 4.39 Å². The van der Waals surface area contributed by atoms with Crippen LogP contribution in [0.5, 0.6) is 11.5 Å². The lowest BCUT2D eigenvalue weighted by Crippen LogP contribution is -2.15. The maximum Gasteiger partial charge on any atom is 0.309 e. The second-order valence-electron chi connectivity index (χ2n) is 11.8. The highest BCUT2D eigenvalue weighted by molar-refractivity contribution is 6.21. The maximum atomic E-state index is 14.9. The molecule has 0 amide bonds. The summed E-state index contributed by atoms with van der Waals surface area (Å²) in [6.07, 6.45) is 2.80. The molecule has 0 heterocycles. The van der Waals surface area contributed by atoms with Crippen LogP contribution in [-0.2, 0) is 28.0 Å². The molecule has 3 aromatic carbocycles. The molecule has 0 N–H and O–H groups in total. The first-order valence-electron chi connectivity index (χ1n) is 13.6. The lowest BCUT2D eigenvalue weighted by molar-refractivity contribution is -0.145. The van der Waals surface area contributed by atoms with Crippen molar-refractivity contribution >= 4 is 17.6 Å². The smallest absolute Gasteiger partial charge is 0.309 e. The van der Waals surface area contributed by atoms with Crippen molar-refractivity contribution in [1.82, 2.24) is 0 Å². The average Bonchev–Trinajstić information content (AvgIpc) is 3.55. The van der Waals surface area contributed by atoms with E-state index in [1.807, 2.05) is 31.2 Å². The highest BCUT2D eigenvalue weighted by Gasteiger charge is 2.62. The molecule has 2 aliphatic carbocycles. The maximum absolute atomic E-state index is 14.9. The first-order chi connectivity index (χ1) is 18.6. The molecule has 0 saturated heterocycles. The van der Waals surface area contributed by atoms with Crippen LogP contribution >= 0.6 is 11.6 Å². The van der Waals surface area contributed by atoms with E-state index in [0.29, 0.717) is 24.5 Å². The minimum Gasteiger partial charge on any atom is -0.497 e. The number of carbonyl (C=O) groups is 1. The summed E-state index contributed by atoms with van der Waals surface area (Å²) in [5.41, 5.74) is 5.14. The number of carbonyl (C=O) groups excluding carboxylic acids is 1. The van der Waals surface area contributed by atoms with Gasteiger partial charge < -0.3 is 14.2 Å². The summed E-state index contributed by atoms with van der Waals surface area (Å²) in [5, 5.41) is -0.354. The number of esters is 1. The largest absolute Gasteiger partial charge is 0.497 e. The van der Waals surface area contributed by atoms with Gasteiger partial charge in [0.25, 0.3) is 0 Å². The van der Waals surface area contributed by atoms with Crippen molar-refractivity contribution in [3.63, 3.8) is 0 Å². The Labute approximate surface area is 235 Å². The Morgan fingerprint density at radius 3 is 2.56 bits per heavy atom. The van der Waals surface area contributed by atoms with Gasteiger partial charge in [-0.25, -0.2) is 4.39 Å². The summed E-state index contributed by atoms with van der Waals surface area (Å²) in [6.45, 7) is 8.81. The van der Waals surface area contributed by atoms with E-state index >= 15 is 0 Å². The lowest BCUT2D eigenvalue weighted by Gasteiger charge is -2.28. The molecule has 0 aromatic heterocycles. The van der Waals surface area contributed by atoms with Gasteiger partial charge in [-0.2, -0.15) is 0 Å². The van der Waals surface area contributed by atoms with Crippen molar-refractivity contribution < 1.29 is 23.4 Å². The first kappa shape index (κ1) is 27.5. The SMILES string of the molecule is CCOC(=O)[C@@H]1C[C@]12CCc1ccc(OCc3ccc(-c4cc(OC)ccc4F)c(C(Cl)C(C)(C)C)c3)cc12. The summed E-state index contributed by atoms with van der Waals surface area (Å²) >= 11 is 6.98. The third-order valence-corrected chi connectivity index (χ3v) is 9.01. The third-order valence-electron chi connectivity index (χ3n) is 8.12. The predicted molar refractivity (Wildman–Crippen MR) is 152 cm³/mol. The number of methoxy groups -OCH3 is 1. The van der Waals surface area contributed by atoms with E-state index < -0.39 is 0 Å². The zero-order chi connectivity index (χ0) is 27.9. The zero-order valence-corrected chi connectivity index (χ0v) is 24.0. The molecule has 2 aliphatic rings. The van der Waals surface area contributed by atoms with Crippen molar-refractivity contribution in [2.24, 2.45) is 11.3 Å².